The number of amides is 1. The third-order valence-corrected chi connectivity index (χ3v) is 3.43. The van der Waals surface area contributed by atoms with E-state index in [0.717, 1.165) is 23.1 Å². The first-order valence-corrected chi connectivity index (χ1v) is 7.21. The minimum absolute atomic E-state index is 0.0169. The van der Waals surface area contributed by atoms with Gasteiger partial charge >= 0.3 is 0 Å². The molecule has 1 aromatic rings. The Hall–Kier alpha value is -1.07. The van der Waals surface area contributed by atoms with Gasteiger partial charge in [-0.1, -0.05) is 13.8 Å². The first kappa shape index (κ1) is 16.0. The average molecular weight is 328 g/mol. The van der Waals surface area contributed by atoms with Gasteiger partial charge in [0.05, 0.1) is 12.2 Å². The molecule has 106 valence electrons. The molecule has 5 heteroatoms. The van der Waals surface area contributed by atoms with Crippen LogP contribution in [0.5, 0.6) is 0 Å². The smallest absolute Gasteiger partial charge is 0.238 e. The maximum atomic E-state index is 11.9. The zero-order chi connectivity index (χ0) is 14.4. The lowest BCUT2D eigenvalue weighted by atomic mass is 10.1. The van der Waals surface area contributed by atoms with E-state index < -0.39 is 0 Å². The zero-order valence-electron chi connectivity index (χ0n) is 11.7. The second-order valence-electron chi connectivity index (χ2n) is 5.21. The summed E-state index contributed by atoms with van der Waals surface area (Å²) in [6.07, 6.45) is 1.09. The Morgan fingerprint density at radius 2 is 2.16 bits per heavy atom. The number of rotatable bonds is 6. The van der Waals surface area contributed by atoms with Gasteiger partial charge in [-0.25, -0.2) is 0 Å². The summed E-state index contributed by atoms with van der Waals surface area (Å²) in [6.45, 7) is 5.68. The van der Waals surface area contributed by atoms with Crippen LogP contribution in [0, 0.1) is 5.92 Å². The number of likely N-dealkylation sites (N-methyl/N-ethyl adjacent to an activating group) is 1. The van der Waals surface area contributed by atoms with Crippen molar-refractivity contribution >= 4 is 33.2 Å². The molecule has 0 heterocycles. The first-order valence-electron chi connectivity index (χ1n) is 6.42. The van der Waals surface area contributed by atoms with Crippen molar-refractivity contribution in [2.75, 3.05) is 31.2 Å². The molecule has 0 radical (unpaired) electrons. The molecule has 1 rings (SSSR count). The van der Waals surface area contributed by atoms with Crippen molar-refractivity contribution in [2.24, 2.45) is 5.92 Å². The Bertz CT molecular complexity index is 435. The van der Waals surface area contributed by atoms with E-state index in [2.05, 4.69) is 35.1 Å². The predicted octanol–water partition coefficient (Wildman–Crippen LogP) is 2.95. The lowest BCUT2D eigenvalue weighted by Crippen LogP contribution is -2.31. The van der Waals surface area contributed by atoms with E-state index in [1.165, 1.54) is 0 Å². The van der Waals surface area contributed by atoms with Crippen molar-refractivity contribution in [3.05, 3.63) is 22.7 Å². The van der Waals surface area contributed by atoms with Crippen LogP contribution in [-0.4, -0.2) is 30.9 Å². The highest BCUT2D eigenvalue weighted by Crippen LogP contribution is 2.24. The lowest BCUT2D eigenvalue weighted by Gasteiger charge is -2.17. The first-order chi connectivity index (χ1) is 8.88. The van der Waals surface area contributed by atoms with Crippen LogP contribution < -0.4 is 11.1 Å². The Balaban J connectivity index is 2.46. The van der Waals surface area contributed by atoms with Gasteiger partial charge in [-0.2, -0.15) is 0 Å². The molecule has 4 nitrogen and oxygen atoms in total. The van der Waals surface area contributed by atoms with Crippen LogP contribution in [0.3, 0.4) is 0 Å². The van der Waals surface area contributed by atoms with E-state index in [9.17, 15) is 4.79 Å². The van der Waals surface area contributed by atoms with Crippen molar-refractivity contribution in [1.82, 2.24) is 4.90 Å². The number of carbonyl (C=O) groups is 1. The lowest BCUT2D eigenvalue weighted by molar-refractivity contribution is -0.117. The summed E-state index contributed by atoms with van der Waals surface area (Å²) in [5.41, 5.74) is 7.07. The molecule has 0 aliphatic rings. The number of nitrogens with one attached hydrogen (secondary N) is 1. The summed E-state index contributed by atoms with van der Waals surface area (Å²) in [5, 5.41) is 2.87. The highest BCUT2D eigenvalue weighted by Gasteiger charge is 2.09. The number of nitrogens with two attached hydrogens (primary N) is 1. The molecule has 0 unspecified atom stereocenters. The molecule has 0 aliphatic carbocycles. The highest BCUT2D eigenvalue weighted by atomic mass is 79.9. The molecule has 0 spiro atoms. The summed E-state index contributed by atoms with van der Waals surface area (Å²) in [7, 11) is 1.96. The Kier molecular flexibility index (Phi) is 6.31. The number of hydrogen-bond acceptors (Lipinski definition) is 3. The summed E-state index contributed by atoms with van der Waals surface area (Å²) in [4.78, 5) is 13.9. The molecule has 0 bridgehead atoms. The van der Waals surface area contributed by atoms with Gasteiger partial charge in [0.2, 0.25) is 5.91 Å². The van der Waals surface area contributed by atoms with Crippen LogP contribution in [0.15, 0.2) is 22.7 Å². The standard InChI is InChI=1S/C14H22BrN3O/c1-10(2)6-7-18(3)9-14(19)17-13-5-4-11(16)8-12(13)15/h4-5,8,10H,6-7,9,16H2,1-3H3,(H,17,19). The van der Waals surface area contributed by atoms with Crippen LogP contribution in [0.4, 0.5) is 11.4 Å². The molecule has 0 atom stereocenters. The quantitative estimate of drug-likeness (QED) is 0.790. The molecule has 19 heavy (non-hydrogen) atoms. The van der Waals surface area contributed by atoms with Crippen LogP contribution in [0.1, 0.15) is 20.3 Å². The number of nitrogens with zero attached hydrogens (tertiary/aromatic N) is 1. The van der Waals surface area contributed by atoms with E-state index in [1.807, 2.05) is 11.9 Å². The topological polar surface area (TPSA) is 58.4 Å². The Labute approximate surface area is 123 Å². The molecule has 3 N–H and O–H groups in total. The highest BCUT2D eigenvalue weighted by molar-refractivity contribution is 9.10. The van der Waals surface area contributed by atoms with Crippen molar-refractivity contribution in [1.29, 1.82) is 0 Å². The van der Waals surface area contributed by atoms with E-state index >= 15 is 0 Å². The van der Waals surface area contributed by atoms with Gasteiger partial charge in [0, 0.05) is 10.2 Å². The minimum Gasteiger partial charge on any atom is -0.399 e. The normalized spacial score (nSPS) is 11.1. The van der Waals surface area contributed by atoms with E-state index in [1.54, 1.807) is 18.2 Å². The summed E-state index contributed by atoms with van der Waals surface area (Å²) in [5.74, 6) is 0.633. The minimum atomic E-state index is -0.0169. The largest absolute Gasteiger partial charge is 0.399 e. The fraction of sp³-hybridized carbons (Fsp3) is 0.500. The fourth-order valence-electron chi connectivity index (χ4n) is 1.63. The third-order valence-electron chi connectivity index (χ3n) is 2.77. The molecule has 0 saturated carbocycles. The van der Waals surface area contributed by atoms with E-state index in [0.29, 0.717) is 18.2 Å². The van der Waals surface area contributed by atoms with Crippen molar-refractivity contribution in [3.8, 4) is 0 Å². The number of benzene rings is 1. The van der Waals surface area contributed by atoms with Crippen LogP contribution in [0.25, 0.3) is 0 Å². The maximum absolute atomic E-state index is 11.9. The molecule has 1 aromatic carbocycles. The van der Waals surface area contributed by atoms with Crippen molar-refractivity contribution in [3.63, 3.8) is 0 Å². The number of nitrogen functional groups attached to an aromatic ring is 1. The Morgan fingerprint density at radius 3 is 2.74 bits per heavy atom. The van der Waals surface area contributed by atoms with Gasteiger partial charge in [0.25, 0.3) is 0 Å². The third kappa shape index (κ3) is 6.07. The van der Waals surface area contributed by atoms with E-state index in [-0.39, 0.29) is 5.91 Å². The van der Waals surface area contributed by atoms with E-state index in [4.69, 9.17) is 5.73 Å². The summed E-state index contributed by atoms with van der Waals surface area (Å²) < 4.78 is 0.797. The SMILES string of the molecule is CC(C)CCN(C)CC(=O)Nc1ccc(N)cc1Br. The number of hydrogen-bond donors (Lipinski definition) is 2. The van der Waals surface area contributed by atoms with Crippen molar-refractivity contribution < 1.29 is 4.79 Å². The van der Waals surface area contributed by atoms with Gasteiger partial charge in [-0.15, -0.1) is 0 Å². The number of anilines is 2. The molecule has 0 fully saturated rings. The second kappa shape index (κ2) is 7.50. The summed E-state index contributed by atoms with van der Waals surface area (Å²) >= 11 is 3.38. The van der Waals surface area contributed by atoms with Gasteiger partial charge in [0.1, 0.15) is 0 Å². The second-order valence-corrected chi connectivity index (χ2v) is 6.06. The Morgan fingerprint density at radius 1 is 1.47 bits per heavy atom. The molecule has 1 amide bonds. The molecule has 0 aromatic heterocycles. The molecule has 0 saturated heterocycles. The average Bonchev–Trinajstić information content (AvgIpc) is 2.30. The summed E-state index contributed by atoms with van der Waals surface area (Å²) in [6, 6.07) is 5.34. The molecular formula is C14H22BrN3O. The van der Waals surface area contributed by atoms with Crippen molar-refractivity contribution in [2.45, 2.75) is 20.3 Å². The predicted molar refractivity (Wildman–Crippen MR) is 84.1 cm³/mol. The molecular weight excluding hydrogens is 306 g/mol. The molecule has 0 aliphatic heterocycles. The number of carbonyl (C=O) groups excluding carboxylic acids is 1. The van der Waals surface area contributed by atoms with Gasteiger partial charge in [0.15, 0.2) is 0 Å². The zero-order valence-corrected chi connectivity index (χ0v) is 13.3. The number of halogens is 1. The van der Waals surface area contributed by atoms with Crippen LogP contribution in [-0.2, 0) is 4.79 Å². The van der Waals surface area contributed by atoms with Gasteiger partial charge in [-0.3, -0.25) is 9.69 Å². The maximum Gasteiger partial charge on any atom is 0.238 e. The monoisotopic (exact) mass is 327 g/mol. The van der Waals surface area contributed by atoms with Crippen LogP contribution in [0.2, 0.25) is 0 Å². The van der Waals surface area contributed by atoms with Gasteiger partial charge < -0.3 is 11.1 Å². The van der Waals surface area contributed by atoms with Crippen LogP contribution >= 0.6 is 15.9 Å². The fourth-order valence-corrected chi connectivity index (χ4v) is 2.12. The van der Waals surface area contributed by atoms with Gasteiger partial charge in [-0.05, 0) is 60.1 Å².